The van der Waals surface area contributed by atoms with Gasteiger partial charge in [-0.1, -0.05) is 20.8 Å². The van der Waals surface area contributed by atoms with Crippen LogP contribution in [0.1, 0.15) is 53.4 Å². The smallest absolute Gasteiger partial charge is 0.307 e. The van der Waals surface area contributed by atoms with Crippen molar-refractivity contribution in [3.05, 3.63) is 0 Å². The molecule has 1 saturated heterocycles. The maximum Gasteiger partial charge on any atom is 0.307 e. The van der Waals surface area contributed by atoms with Crippen molar-refractivity contribution in [3.63, 3.8) is 0 Å². The molecule has 2 rings (SSSR count). The lowest BCUT2D eigenvalue weighted by Crippen LogP contribution is -2.54. The second kappa shape index (κ2) is 5.95. The Hall–Kier alpha value is -1.10. The zero-order valence-electron chi connectivity index (χ0n) is 13.4. The minimum atomic E-state index is -0.732. The molecule has 1 amide bonds. The number of amides is 1. The Labute approximate surface area is 126 Å². The van der Waals surface area contributed by atoms with E-state index >= 15 is 0 Å². The summed E-state index contributed by atoms with van der Waals surface area (Å²) < 4.78 is 5.61. The van der Waals surface area contributed by atoms with E-state index in [1.165, 1.54) is 0 Å². The fourth-order valence-corrected chi connectivity index (χ4v) is 3.71. The minimum Gasteiger partial charge on any atom is -0.481 e. The quantitative estimate of drug-likeness (QED) is 0.837. The number of hydrogen-bond acceptors (Lipinski definition) is 3. The first-order valence-electron chi connectivity index (χ1n) is 7.92. The van der Waals surface area contributed by atoms with Crippen LogP contribution in [0.2, 0.25) is 0 Å². The van der Waals surface area contributed by atoms with Gasteiger partial charge in [0, 0.05) is 6.04 Å². The van der Waals surface area contributed by atoms with Crippen LogP contribution < -0.4 is 5.32 Å². The molecule has 1 saturated carbocycles. The number of aliphatic carboxylic acids is 1. The van der Waals surface area contributed by atoms with Crippen molar-refractivity contribution < 1.29 is 19.4 Å². The molecule has 5 atom stereocenters. The Morgan fingerprint density at radius 1 is 1.14 bits per heavy atom. The average Bonchev–Trinajstić information content (AvgIpc) is 2.81. The third kappa shape index (κ3) is 3.23. The number of carbonyl (C=O) groups excluding carboxylic acids is 1. The van der Waals surface area contributed by atoms with Crippen molar-refractivity contribution in [2.24, 2.45) is 17.3 Å². The van der Waals surface area contributed by atoms with Gasteiger partial charge in [-0.25, -0.2) is 0 Å². The summed E-state index contributed by atoms with van der Waals surface area (Å²) in [5.41, 5.74) is -0.328. The highest BCUT2D eigenvalue weighted by Gasteiger charge is 2.47. The summed E-state index contributed by atoms with van der Waals surface area (Å²) in [6.07, 6.45) is 2.83. The highest BCUT2D eigenvalue weighted by Crippen LogP contribution is 2.45. The monoisotopic (exact) mass is 297 g/mol. The number of ether oxygens (including phenoxy) is 1. The number of rotatable bonds is 3. The van der Waals surface area contributed by atoms with E-state index < -0.39 is 5.97 Å². The molecule has 21 heavy (non-hydrogen) atoms. The zero-order chi connectivity index (χ0) is 15.8. The number of carboxylic acids is 1. The van der Waals surface area contributed by atoms with Crippen LogP contribution in [0, 0.1) is 17.3 Å². The van der Waals surface area contributed by atoms with Crippen molar-refractivity contribution >= 4 is 11.9 Å². The molecule has 120 valence electrons. The van der Waals surface area contributed by atoms with Crippen LogP contribution in [-0.4, -0.2) is 35.2 Å². The molecular weight excluding hydrogens is 270 g/mol. The van der Waals surface area contributed by atoms with Crippen LogP contribution in [0.25, 0.3) is 0 Å². The molecule has 1 aliphatic heterocycles. The van der Waals surface area contributed by atoms with Crippen molar-refractivity contribution in [3.8, 4) is 0 Å². The fourth-order valence-electron chi connectivity index (χ4n) is 3.71. The van der Waals surface area contributed by atoms with E-state index in [4.69, 9.17) is 4.74 Å². The Kier molecular flexibility index (Phi) is 4.61. The predicted octanol–water partition coefficient (Wildman–Crippen LogP) is 2.20. The number of carbonyl (C=O) groups is 2. The largest absolute Gasteiger partial charge is 0.481 e. The van der Waals surface area contributed by atoms with Crippen LogP contribution in [0.4, 0.5) is 0 Å². The topological polar surface area (TPSA) is 75.6 Å². The molecule has 1 heterocycles. The first-order valence-corrected chi connectivity index (χ1v) is 7.92. The molecule has 0 aromatic rings. The number of hydrogen-bond donors (Lipinski definition) is 2. The minimum absolute atomic E-state index is 0.0302. The molecule has 2 aliphatic rings. The summed E-state index contributed by atoms with van der Waals surface area (Å²) in [4.78, 5) is 23.7. The Balaban J connectivity index is 1.99. The van der Waals surface area contributed by atoms with Gasteiger partial charge in [0.05, 0.1) is 12.0 Å². The molecular formula is C16H27NO4. The van der Waals surface area contributed by atoms with Gasteiger partial charge in [-0.05, 0) is 43.9 Å². The second-order valence-corrected chi connectivity index (χ2v) is 7.21. The number of nitrogens with one attached hydrogen (secondary N) is 1. The number of carboxylic acid groups (broad SMARTS) is 1. The Bertz CT molecular complexity index is 421. The van der Waals surface area contributed by atoms with Gasteiger partial charge < -0.3 is 15.2 Å². The summed E-state index contributed by atoms with van der Waals surface area (Å²) in [6.45, 7) is 8.00. The standard InChI is InChI=1S/C16H27NO4/c1-9-5-8-13(21-9)14(18)17-12-7-6-11(15(19)20)16(3,4)10(12)2/h9-13H,5-8H2,1-4H3,(H,17,18)(H,19,20). The summed E-state index contributed by atoms with van der Waals surface area (Å²) in [5.74, 6) is -0.996. The van der Waals surface area contributed by atoms with E-state index in [2.05, 4.69) is 5.32 Å². The van der Waals surface area contributed by atoms with Crippen molar-refractivity contribution in [1.29, 1.82) is 0 Å². The van der Waals surface area contributed by atoms with Crippen LogP contribution in [0.3, 0.4) is 0 Å². The Morgan fingerprint density at radius 2 is 1.81 bits per heavy atom. The molecule has 0 aromatic carbocycles. The van der Waals surface area contributed by atoms with Gasteiger partial charge in [-0.15, -0.1) is 0 Å². The lowest BCUT2D eigenvalue weighted by atomic mass is 9.61. The zero-order valence-corrected chi connectivity index (χ0v) is 13.4. The molecule has 0 spiro atoms. The maximum atomic E-state index is 12.3. The van der Waals surface area contributed by atoms with Gasteiger partial charge in [0.1, 0.15) is 6.10 Å². The van der Waals surface area contributed by atoms with Crippen molar-refractivity contribution in [2.75, 3.05) is 0 Å². The molecule has 0 radical (unpaired) electrons. The maximum absolute atomic E-state index is 12.3. The van der Waals surface area contributed by atoms with Crippen LogP contribution >= 0.6 is 0 Å². The lowest BCUT2D eigenvalue weighted by molar-refractivity contribution is -0.150. The van der Waals surface area contributed by atoms with E-state index in [0.717, 1.165) is 19.3 Å². The summed E-state index contributed by atoms with van der Waals surface area (Å²) in [5, 5.41) is 12.4. The molecule has 5 unspecified atom stereocenters. The average molecular weight is 297 g/mol. The summed E-state index contributed by atoms with van der Waals surface area (Å²) >= 11 is 0. The van der Waals surface area contributed by atoms with Crippen LogP contribution in [0.15, 0.2) is 0 Å². The van der Waals surface area contributed by atoms with Gasteiger partial charge >= 0.3 is 5.97 Å². The highest BCUT2D eigenvalue weighted by molar-refractivity contribution is 5.81. The van der Waals surface area contributed by atoms with Crippen LogP contribution in [-0.2, 0) is 14.3 Å². The Morgan fingerprint density at radius 3 is 2.33 bits per heavy atom. The molecule has 1 aliphatic carbocycles. The molecule has 0 aromatic heterocycles. The second-order valence-electron chi connectivity index (χ2n) is 7.21. The van der Waals surface area contributed by atoms with E-state index in [1.54, 1.807) is 0 Å². The SMILES string of the molecule is CC1CCC(C(=O)NC2CCC(C(=O)O)C(C)(C)C2C)O1. The van der Waals surface area contributed by atoms with E-state index in [-0.39, 0.29) is 41.4 Å². The van der Waals surface area contributed by atoms with Gasteiger partial charge in [0.25, 0.3) is 0 Å². The molecule has 0 bridgehead atoms. The van der Waals surface area contributed by atoms with Crippen LogP contribution in [0.5, 0.6) is 0 Å². The van der Waals surface area contributed by atoms with E-state index in [1.807, 2.05) is 27.7 Å². The van der Waals surface area contributed by atoms with Gasteiger partial charge in [-0.2, -0.15) is 0 Å². The third-order valence-electron chi connectivity index (χ3n) is 5.59. The first kappa shape index (κ1) is 16.3. The molecule has 5 nitrogen and oxygen atoms in total. The van der Waals surface area contributed by atoms with Crippen molar-refractivity contribution in [2.45, 2.75) is 71.6 Å². The van der Waals surface area contributed by atoms with E-state index in [0.29, 0.717) is 6.42 Å². The fraction of sp³-hybridized carbons (Fsp3) is 0.875. The highest BCUT2D eigenvalue weighted by atomic mass is 16.5. The molecule has 2 fully saturated rings. The molecule has 2 N–H and O–H groups in total. The summed E-state index contributed by atoms with van der Waals surface area (Å²) in [7, 11) is 0. The lowest BCUT2D eigenvalue weighted by Gasteiger charge is -2.46. The first-order chi connectivity index (χ1) is 9.73. The molecule has 5 heteroatoms. The van der Waals surface area contributed by atoms with Gasteiger partial charge in [0.2, 0.25) is 5.91 Å². The normalized spacial score (nSPS) is 39.0. The van der Waals surface area contributed by atoms with Gasteiger partial charge in [0.15, 0.2) is 0 Å². The summed E-state index contributed by atoms with van der Waals surface area (Å²) in [6, 6.07) is 0.0302. The predicted molar refractivity (Wildman–Crippen MR) is 78.8 cm³/mol. The third-order valence-corrected chi connectivity index (χ3v) is 5.59. The van der Waals surface area contributed by atoms with Gasteiger partial charge in [-0.3, -0.25) is 9.59 Å². The van der Waals surface area contributed by atoms with Crippen molar-refractivity contribution in [1.82, 2.24) is 5.32 Å². The van der Waals surface area contributed by atoms with E-state index in [9.17, 15) is 14.7 Å².